The van der Waals surface area contributed by atoms with Gasteiger partial charge in [-0.2, -0.15) is 0 Å². The van der Waals surface area contributed by atoms with Crippen LogP contribution < -0.4 is 21.4 Å². The number of nitrogens with zero attached hydrogens (tertiary/aromatic N) is 1. The minimum Gasteiger partial charge on any atom is -0.480 e. The van der Waals surface area contributed by atoms with Crippen LogP contribution in [-0.4, -0.2) is 74.2 Å². The summed E-state index contributed by atoms with van der Waals surface area (Å²) in [6.07, 6.45) is -0.456. The van der Waals surface area contributed by atoms with Gasteiger partial charge in [0.1, 0.15) is 18.6 Å². The van der Waals surface area contributed by atoms with E-state index in [1.807, 2.05) is 0 Å². The van der Waals surface area contributed by atoms with Gasteiger partial charge in [-0.3, -0.25) is 24.4 Å². The van der Waals surface area contributed by atoms with Crippen molar-refractivity contribution in [2.45, 2.75) is 30.5 Å². The zero-order valence-corrected chi connectivity index (χ0v) is 18.5. The maximum Gasteiger partial charge on any atom is 0.322 e. The molecule has 2 amide bonds. The van der Waals surface area contributed by atoms with Crippen molar-refractivity contribution in [2.24, 2.45) is 5.73 Å². The minimum atomic E-state index is -1.51. The summed E-state index contributed by atoms with van der Waals surface area (Å²) in [6, 6.07) is 3.82. The fourth-order valence-corrected chi connectivity index (χ4v) is 3.25. The molecular weight excluding hydrogens is 500 g/mol. The molecule has 0 fully saturated rings. The molecule has 0 saturated heterocycles. The van der Waals surface area contributed by atoms with Crippen molar-refractivity contribution in [1.82, 2.24) is 10.6 Å². The molecule has 0 aromatic heterocycles. The quantitative estimate of drug-likeness (QED) is 0.130. The Morgan fingerprint density at radius 1 is 1.16 bits per heavy atom. The molecule has 1 aromatic carbocycles. The summed E-state index contributed by atoms with van der Waals surface area (Å²) in [5.74, 6) is -4.31. The predicted molar refractivity (Wildman–Crippen MR) is 114 cm³/mol. The number of hydroxylamine groups is 1. The van der Waals surface area contributed by atoms with Crippen molar-refractivity contribution < 1.29 is 39.7 Å². The van der Waals surface area contributed by atoms with Gasteiger partial charge in [-0.25, -0.2) is 5.06 Å². The zero-order valence-electron chi connectivity index (χ0n) is 16.1. The lowest BCUT2D eigenvalue weighted by Gasteiger charge is -2.25. The van der Waals surface area contributed by atoms with Crippen LogP contribution in [0.1, 0.15) is 12.8 Å². The highest BCUT2D eigenvalue weighted by Gasteiger charge is 2.25. The average Bonchev–Trinajstić information content (AvgIpc) is 2.72. The first-order valence-corrected chi connectivity index (χ1v) is 10.7. The van der Waals surface area contributed by atoms with Crippen LogP contribution in [0, 0.1) is 0 Å². The number of hydrogen-bond donors (Lipinski definition) is 7. The Morgan fingerprint density at radius 2 is 1.77 bits per heavy atom. The smallest absolute Gasteiger partial charge is 0.322 e. The van der Waals surface area contributed by atoms with Gasteiger partial charge >= 0.3 is 11.9 Å². The first-order valence-electron chi connectivity index (χ1n) is 8.81. The third-order valence-electron chi connectivity index (χ3n) is 3.78. The van der Waals surface area contributed by atoms with E-state index in [0.717, 1.165) is 4.47 Å². The molecule has 12 nitrogen and oxygen atoms in total. The molecule has 0 heterocycles. The van der Waals surface area contributed by atoms with Gasteiger partial charge in [0.15, 0.2) is 5.56 Å². The summed E-state index contributed by atoms with van der Waals surface area (Å²) >= 11 is 3.94. The fourth-order valence-electron chi connectivity index (χ4n) is 2.12. The Morgan fingerprint density at radius 3 is 2.32 bits per heavy atom. The van der Waals surface area contributed by atoms with Crippen LogP contribution in [-0.2, 0) is 19.2 Å². The number of thioether (sulfide) groups is 1. The molecule has 14 heteroatoms. The van der Waals surface area contributed by atoms with Gasteiger partial charge in [-0.15, -0.1) is 11.8 Å². The molecule has 8 N–H and O–H groups in total. The molecule has 0 aliphatic heterocycles. The molecule has 1 rings (SSSR count). The maximum absolute atomic E-state index is 12.2. The summed E-state index contributed by atoms with van der Waals surface area (Å²) < 4.78 is 0.757. The number of nitrogens with one attached hydrogen (secondary N) is 2. The second kappa shape index (κ2) is 13.1. The van der Waals surface area contributed by atoms with Gasteiger partial charge in [0, 0.05) is 16.6 Å². The number of halogens is 1. The number of aliphatic hydroxyl groups excluding tert-OH is 1. The van der Waals surface area contributed by atoms with E-state index in [2.05, 4.69) is 26.6 Å². The Labute approximate surface area is 189 Å². The lowest BCUT2D eigenvalue weighted by molar-refractivity contribution is -0.139. The topological polar surface area (TPSA) is 203 Å². The second-order valence-electron chi connectivity index (χ2n) is 6.20. The zero-order chi connectivity index (χ0) is 23.6. The SMILES string of the molecule is N[C@@H](CCC(=O)N[C@@H](CS[C@H](O)N(O)c1ccc(Br)cc1)C(=O)NCC(=O)O)C(=O)O. The van der Waals surface area contributed by atoms with Crippen molar-refractivity contribution in [3.05, 3.63) is 28.7 Å². The van der Waals surface area contributed by atoms with Crippen molar-refractivity contribution in [3.8, 4) is 0 Å². The fraction of sp³-hybridized carbons (Fsp3) is 0.412. The number of rotatable bonds is 13. The number of benzene rings is 1. The van der Waals surface area contributed by atoms with Crippen molar-refractivity contribution in [1.29, 1.82) is 0 Å². The van der Waals surface area contributed by atoms with Crippen LogP contribution in [0.2, 0.25) is 0 Å². The lowest BCUT2D eigenvalue weighted by Crippen LogP contribution is -2.50. The summed E-state index contributed by atoms with van der Waals surface area (Å²) in [5.41, 5.74) is 4.09. The molecule has 0 unspecified atom stereocenters. The van der Waals surface area contributed by atoms with Gasteiger partial charge in [0.25, 0.3) is 0 Å². The summed E-state index contributed by atoms with van der Waals surface area (Å²) in [7, 11) is 0. The van der Waals surface area contributed by atoms with Crippen LogP contribution in [0.3, 0.4) is 0 Å². The Kier molecular flexibility index (Phi) is 11.3. The largest absolute Gasteiger partial charge is 0.480 e. The van der Waals surface area contributed by atoms with Crippen molar-refractivity contribution in [2.75, 3.05) is 17.4 Å². The number of carbonyl (C=O) groups excluding carboxylic acids is 2. The van der Waals surface area contributed by atoms with E-state index in [0.29, 0.717) is 16.8 Å². The average molecular weight is 523 g/mol. The number of carbonyl (C=O) groups is 4. The minimum absolute atomic E-state index is 0.172. The molecular formula is C17H23BrN4O8S. The van der Waals surface area contributed by atoms with Gasteiger partial charge in [-0.05, 0) is 30.7 Å². The van der Waals surface area contributed by atoms with Gasteiger partial charge in [-0.1, -0.05) is 15.9 Å². The summed E-state index contributed by atoms with van der Waals surface area (Å²) in [6.45, 7) is -0.687. The summed E-state index contributed by atoms with van der Waals surface area (Å²) in [4.78, 5) is 45.7. The monoisotopic (exact) mass is 522 g/mol. The van der Waals surface area contributed by atoms with Crippen LogP contribution >= 0.6 is 27.7 Å². The molecule has 0 aliphatic rings. The van der Waals surface area contributed by atoms with Gasteiger partial charge in [0.05, 0.1) is 5.69 Å². The number of hydrogen-bond acceptors (Lipinski definition) is 9. The molecule has 31 heavy (non-hydrogen) atoms. The van der Waals surface area contributed by atoms with E-state index in [4.69, 9.17) is 15.9 Å². The molecule has 0 aliphatic carbocycles. The van der Waals surface area contributed by atoms with Gasteiger partial charge in [0.2, 0.25) is 11.8 Å². The number of aliphatic carboxylic acids is 2. The maximum atomic E-state index is 12.2. The van der Waals surface area contributed by atoms with E-state index < -0.39 is 47.9 Å². The van der Waals surface area contributed by atoms with E-state index in [1.165, 1.54) is 12.1 Å². The van der Waals surface area contributed by atoms with E-state index in [9.17, 15) is 29.5 Å². The number of carboxylic acid groups (broad SMARTS) is 2. The number of carboxylic acids is 2. The first kappa shape index (κ1) is 26.6. The molecule has 0 spiro atoms. The molecule has 172 valence electrons. The standard InChI is InChI=1S/C17H23BrN4O8S/c18-9-1-3-10(4-2-9)22(30)17(29)31-8-12(15(26)20-7-14(24)25)21-13(23)6-5-11(19)16(27)28/h1-4,11-12,17,29-30H,5-8,19H2,(H,20,26)(H,21,23)(H,24,25)(H,27,28)/t11-,12-,17-/m0/s1. The van der Waals surface area contributed by atoms with E-state index >= 15 is 0 Å². The Balaban J connectivity index is 2.72. The molecule has 0 bridgehead atoms. The van der Waals surface area contributed by atoms with Crippen molar-refractivity contribution >= 4 is 57.1 Å². The number of nitrogens with two attached hydrogens (primary N) is 1. The van der Waals surface area contributed by atoms with Crippen molar-refractivity contribution in [3.63, 3.8) is 0 Å². The van der Waals surface area contributed by atoms with Crippen LogP contribution in [0.5, 0.6) is 0 Å². The Hall–Kier alpha value is -2.39. The third kappa shape index (κ3) is 9.97. The number of anilines is 1. The van der Waals surface area contributed by atoms with Crippen LogP contribution in [0.4, 0.5) is 5.69 Å². The van der Waals surface area contributed by atoms with E-state index in [1.54, 1.807) is 12.1 Å². The first-order chi connectivity index (χ1) is 14.5. The summed E-state index contributed by atoms with van der Waals surface area (Å²) in [5, 5.41) is 42.7. The molecule has 0 radical (unpaired) electrons. The predicted octanol–water partition coefficient (Wildman–Crippen LogP) is -0.468. The Bertz CT molecular complexity index is 782. The lowest BCUT2D eigenvalue weighted by atomic mass is 10.1. The second-order valence-corrected chi connectivity index (χ2v) is 8.20. The normalized spacial score (nSPS) is 13.5. The highest BCUT2D eigenvalue weighted by Crippen LogP contribution is 2.22. The van der Waals surface area contributed by atoms with E-state index in [-0.39, 0.29) is 24.3 Å². The number of aliphatic hydroxyl groups is 1. The van der Waals surface area contributed by atoms with Crippen LogP contribution in [0.15, 0.2) is 28.7 Å². The molecule has 1 aromatic rings. The van der Waals surface area contributed by atoms with Gasteiger partial charge < -0.3 is 31.7 Å². The number of amides is 2. The third-order valence-corrected chi connectivity index (χ3v) is 5.33. The highest BCUT2D eigenvalue weighted by atomic mass is 79.9. The van der Waals surface area contributed by atoms with Crippen LogP contribution in [0.25, 0.3) is 0 Å². The molecule has 3 atom stereocenters. The molecule has 0 saturated carbocycles. The highest BCUT2D eigenvalue weighted by molar-refractivity contribution is 9.10.